The summed E-state index contributed by atoms with van der Waals surface area (Å²) in [4.78, 5) is 36.8. The van der Waals surface area contributed by atoms with Crippen LogP contribution in [0.2, 0.25) is 0 Å². The molecule has 0 aliphatic heterocycles. The number of alkyl carbamates (subject to hydrolysis) is 1. The zero-order chi connectivity index (χ0) is 25.0. The maximum Gasteiger partial charge on any atom is 0.407 e. The second-order valence-corrected chi connectivity index (χ2v) is 10.2. The predicted octanol–water partition coefficient (Wildman–Crippen LogP) is 5.86. The normalized spacial score (nSPS) is 16.6. The van der Waals surface area contributed by atoms with Gasteiger partial charge >= 0.3 is 6.09 Å². The Hall–Kier alpha value is -3.41. The van der Waals surface area contributed by atoms with E-state index in [-0.39, 0.29) is 60.1 Å². The Balaban J connectivity index is 1.18. The molecule has 0 saturated heterocycles. The van der Waals surface area contributed by atoms with Crippen molar-refractivity contribution >= 4 is 17.7 Å². The van der Waals surface area contributed by atoms with Gasteiger partial charge in [-0.2, -0.15) is 0 Å². The van der Waals surface area contributed by atoms with Crippen molar-refractivity contribution in [3.8, 4) is 11.1 Å². The number of unbranched alkanes of at least 4 members (excludes halogenated alkanes) is 2. The van der Waals surface area contributed by atoms with Gasteiger partial charge in [-0.25, -0.2) is 4.79 Å². The first-order valence-corrected chi connectivity index (χ1v) is 12.3. The smallest absolute Gasteiger partial charge is 0.407 e. The van der Waals surface area contributed by atoms with Crippen molar-refractivity contribution < 1.29 is 24.2 Å². The van der Waals surface area contributed by atoms with Crippen LogP contribution in [0, 0.1) is 5.41 Å². The second kappa shape index (κ2) is 10.5. The maximum absolute atomic E-state index is 12.3. The molecule has 184 valence electrons. The molecule has 0 heterocycles. The van der Waals surface area contributed by atoms with Crippen LogP contribution in [-0.2, 0) is 14.3 Å². The minimum absolute atomic E-state index is 0.0129. The Labute approximate surface area is 206 Å². The molecule has 2 aliphatic carbocycles. The zero-order valence-electron chi connectivity index (χ0n) is 20.4. The molecule has 1 fully saturated rings. The molecule has 2 aliphatic rings. The Morgan fingerprint density at radius 3 is 2.11 bits per heavy atom. The number of carbonyl (C=O) groups is 3. The van der Waals surface area contributed by atoms with E-state index in [0.717, 1.165) is 6.42 Å². The van der Waals surface area contributed by atoms with Crippen LogP contribution < -0.4 is 5.32 Å². The van der Waals surface area contributed by atoms with E-state index in [1.165, 1.54) is 22.3 Å². The van der Waals surface area contributed by atoms with E-state index in [2.05, 4.69) is 29.6 Å². The van der Waals surface area contributed by atoms with Crippen LogP contribution in [-0.4, -0.2) is 35.9 Å². The Bertz CT molecular complexity index is 1100. The average molecular weight is 476 g/mol. The molecule has 0 radical (unpaired) electrons. The molecule has 2 aromatic rings. The Morgan fingerprint density at radius 1 is 0.943 bits per heavy atom. The molecular weight excluding hydrogens is 442 g/mol. The SMILES string of the molecule is CC1(C)CC(=O)C(=C(O)CCCCCNC(=O)OCC2c3ccccc3-c3ccccc32)C(=O)C1. The number of carbonyl (C=O) groups excluding carboxylic acids is 3. The van der Waals surface area contributed by atoms with Crippen LogP contribution in [0.1, 0.15) is 69.4 Å². The lowest BCUT2D eigenvalue weighted by Crippen LogP contribution is -2.32. The molecule has 35 heavy (non-hydrogen) atoms. The number of aliphatic hydroxyl groups is 1. The van der Waals surface area contributed by atoms with Gasteiger partial charge in [0.1, 0.15) is 12.4 Å². The number of benzene rings is 2. The quantitative estimate of drug-likeness (QED) is 0.216. The van der Waals surface area contributed by atoms with Gasteiger partial charge in [-0.05, 0) is 40.5 Å². The molecule has 1 amide bonds. The molecule has 2 N–H and O–H groups in total. The van der Waals surface area contributed by atoms with Gasteiger partial charge in [0.25, 0.3) is 0 Å². The largest absolute Gasteiger partial charge is 0.511 e. The van der Waals surface area contributed by atoms with Crippen LogP contribution >= 0.6 is 0 Å². The fraction of sp³-hybridized carbons (Fsp3) is 0.414. The van der Waals surface area contributed by atoms with Gasteiger partial charge in [0.2, 0.25) is 0 Å². The van der Waals surface area contributed by atoms with Crippen molar-refractivity contribution in [2.75, 3.05) is 13.2 Å². The number of ether oxygens (including phenoxy) is 1. The van der Waals surface area contributed by atoms with Crippen LogP contribution in [0.5, 0.6) is 0 Å². The number of aliphatic hydroxyl groups excluding tert-OH is 1. The lowest BCUT2D eigenvalue weighted by atomic mass is 9.73. The highest BCUT2D eigenvalue weighted by molar-refractivity contribution is 6.22. The molecular formula is C29H33NO5. The Kier molecular flexibility index (Phi) is 7.39. The summed E-state index contributed by atoms with van der Waals surface area (Å²) in [5.41, 5.74) is 4.37. The van der Waals surface area contributed by atoms with E-state index in [1.54, 1.807) is 0 Å². The molecule has 6 nitrogen and oxygen atoms in total. The summed E-state index contributed by atoms with van der Waals surface area (Å²) in [6.45, 7) is 4.51. The third-order valence-electron chi connectivity index (χ3n) is 6.83. The van der Waals surface area contributed by atoms with Crippen molar-refractivity contribution in [2.24, 2.45) is 5.41 Å². The van der Waals surface area contributed by atoms with Crippen LogP contribution in [0.3, 0.4) is 0 Å². The minimum atomic E-state index is -0.446. The molecule has 6 heteroatoms. The van der Waals surface area contributed by atoms with Gasteiger partial charge in [-0.1, -0.05) is 68.8 Å². The Morgan fingerprint density at radius 2 is 1.51 bits per heavy atom. The topological polar surface area (TPSA) is 92.7 Å². The summed E-state index contributed by atoms with van der Waals surface area (Å²) >= 11 is 0. The summed E-state index contributed by atoms with van der Waals surface area (Å²) in [7, 11) is 0. The highest BCUT2D eigenvalue weighted by atomic mass is 16.5. The van der Waals surface area contributed by atoms with Gasteiger partial charge in [0, 0.05) is 31.7 Å². The number of Topliss-reactive ketones (excluding diaryl/α,β-unsaturated/α-hetero) is 2. The highest BCUT2D eigenvalue weighted by Gasteiger charge is 2.37. The van der Waals surface area contributed by atoms with E-state index < -0.39 is 6.09 Å². The standard InChI is InChI=1S/C29H33NO5/c1-29(2)16-25(32)27(26(33)17-29)24(31)14-4-3-9-15-30-28(34)35-18-23-21-12-7-5-10-19(21)20-11-6-8-13-22(20)23/h5-8,10-13,23,31H,3-4,9,14-18H2,1-2H3,(H,30,34). The minimum Gasteiger partial charge on any atom is -0.511 e. The number of rotatable bonds is 8. The third-order valence-corrected chi connectivity index (χ3v) is 6.83. The van der Waals surface area contributed by atoms with Crippen molar-refractivity contribution in [2.45, 2.75) is 58.3 Å². The summed E-state index contributed by atoms with van der Waals surface area (Å²) in [5, 5.41) is 13.1. The van der Waals surface area contributed by atoms with Gasteiger partial charge in [0.05, 0.1) is 5.57 Å². The van der Waals surface area contributed by atoms with Gasteiger partial charge < -0.3 is 15.2 Å². The molecule has 2 aromatic carbocycles. The molecule has 4 rings (SSSR count). The fourth-order valence-corrected chi connectivity index (χ4v) is 5.15. The zero-order valence-corrected chi connectivity index (χ0v) is 20.4. The van der Waals surface area contributed by atoms with Crippen molar-refractivity contribution in [1.29, 1.82) is 0 Å². The van der Waals surface area contributed by atoms with E-state index in [1.807, 2.05) is 38.1 Å². The first kappa shape index (κ1) is 24.7. The lowest BCUT2D eigenvalue weighted by molar-refractivity contribution is -0.127. The number of ketones is 2. The number of allylic oxidation sites excluding steroid dienone is 2. The van der Waals surface area contributed by atoms with Crippen LogP contribution in [0.25, 0.3) is 11.1 Å². The predicted molar refractivity (Wildman–Crippen MR) is 134 cm³/mol. The van der Waals surface area contributed by atoms with Gasteiger partial charge in [0.15, 0.2) is 11.6 Å². The summed E-state index contributed by atoms with van der Waals surface area (Å²) in [6, 6.07) is 16.4. The summed E-state index contributed by atoms with van der Waals surface area (Å²) < 4.78 is 5.53. The van der Waals surface area contributed by atoms with Crippen LogP contribution in [0.4, 0.5) is 4.79 Å². The second-order valence-electron chi connectivity index (χ2n) is 10.2. The molecule has 0 unspecified atom stereocenters. The number of hydrogen-bond donors (Lipinski definition) is 2. The third kappa shape index (κ3) is 5.64. The van der Waals surface area contributed by atoms with E-state index in [4.69, 9.17) is 4.74 Å². The lowest BCUT2D eigenvalue weighted by Gasteiger charge is -2.28. The molecule has 0 bridgehead atoms. The summed E-state index contributed by atoms with van der Waals surface area (Å²) in [6.07, 6.45) is 2.49. The molecule has 0 atom stereocenters. The van der Waals surface area contributed by atoms with Crippen molar-refractivity contribution in [3.63, 3.8) is 0 Å². The van der Waals surface area contributed by atoms with Crippen molar-refractivity contribution in [3.05, 3.63) is 71.0 Å². The van der Waals surface area contributed by atoms with E-state index >= 15 is 0 Å². The van der Waals surface area contributed by atoms with Gasteiger partial charge in [-0.15, -0.1) is 0 Å². The fourth-order valence-electron chi connectivity index (χ4n) is 5.15. The van der Waals surface area contributed by atoms with Gasteiger partial charge in [-0.3, -0.25) is 9.59 Å². The number of amides is 1. The monoisotopic (exact) mass is 475 g/mol. The molecule has 0 aromatic heterocycles. The van der Waals surface area contributed by atoms with Crippen molar-refractivity contribution in [1.82, 2.24) is 5.32 Å². The first-order valence-electron chi connectivity index (χ1n) is 12.3. The molecule has 1 saturated carbocycles. The maximum atomic E-state index is 12.3. The summed E-state index contributed by atoms with van der Waals surface area (Å²) in [5.74, 6) is -0.596. The average Bonchev–Trinajstić information content (AvgIpc) is 3.12. The highest BCUT2D eigenvalue weighted by Crippen LogP contribution is 2.44. The van der Waals surface area contributed by atoms with Crippen LogP contribution in [0.15, 0.2) is 59.9 Å². The number of hydrogen-bond acceptors (Lipinski definition) is 5. The first-order chi connectivity index (χ1) is 16.8. The molecule has 0 spiro atoms. The van der Waals surface area contributed by atoms with E-state index in [9.17, 15) is 19.5 Å². The number of nitrogens with one attached hydrogen (secondary N) is 1. The number of fused-ring (bicyclic) bond motifs is 3. The van der Waals surface area contributed by atoms with E-state index in [0.29, 0.717) is 19.4 Å².